The van der Waals surface area contributed by atoms with Gasteiger partial charge in [0.2, 0.25) is 0 Å². The molecule has 11 heavy (non-hydrogen) atoms. The molecule has 3 nitrogen and oxygen atoms in total. The Balaban J connectivity index is 3.32. The number of halogens is 1. The number of hydrogen-bond acceptors (Lipinski definition) is 2. The average Bonchev–Trinajstić information content (AvgIpc) is 1.97. The fourth-order valence-corrected chi connectivity index (χ4v) is 1.16. The second kappa shape index (κ2) is 3.19. The maximum Gasteiger partial charge on any atom is 0.252 e. The highest BCUT2D eigenvalue weighted by molar-refractivity contribution is 9.10. The lowest BCUT2D eigenvalue weighted by Gasteiger charge is -1.99. The molecule has 1 rings (SSSR count). The van der Waals surface area contributed by atoms with E-state index in [4.69, 9.17) is 5.73 Å². The van der Waals surface area contributed by atoms with Gasteiger partial charge in [-0.3, -0.25) is 4.79 Å². The van der Waals surface area contributed by atoms with E-state index >= 15 is 0 Å². The summed E-state index contributed by atoms with van der Waals surface area (Å²) in [6.07, 6.45) is 0. The molecule has 0 fully saturated rings. The van der Waals surface area contributed by atoms with E-state index in [9.17, 15) is 4.79 Å². The monoisotopic (exact) mass is 216 g/mol. The van der Waals surface area contributed by atoms with Gasteiger partial charge in [0.05, 0.1) is 0 Å². The van der Waals surface area contributed by atoms with Crippen LogP contribution >= 0.6 is 15.9 Å². The van der Waals surface area contributed by atoms with Crippen LogP contribution in [-0.4, -0.2) is 4.98 Å². The number of aryl methyl sites for hydroxylation is 1. The van der Waals surface area contributed by atoms with Gasteiger partial charge in [-0.15, -0.1) is 0 Å². The average molecular weight is 217 g/mol. The van der Waals surface area contributed by atoms with Crippen molar-refractivity contribution in [3.05, 3.63) is 32.2 Å². The summed E-state index contributed by atoms with van der Waals surface area (Å²) in [6, 6.07) is 1.74. The lowest BCUT2D eigenvalue weighted by atomic mass is 10.2. The second-order valence-corrected chi connectivity index (χ2v) is 3.16. The van der Waals surface area contributed by atoms with Gasteiger partial charge in [0, 0.05) is 22.3 Å². The van der Waals surface area contributed by atoms with Gasteiger partial charge in [0.15, 0.2) is 0 Å². The standard InChI is InChI=1S/C7H9BrN2O/c1-4-6(8)2-5(3-9)7(11)10-4/h2H,3,9H2,1H3,(H,10,11). The van der Waals surface area contributed by atoms with Crippen LogP contribution in [0, 0.1) is 6.92 Å². The number of nitrogens with one attached hydrogen (secondary N) is 1. The summed E-state index contributed by atoms with van der Waals surface area (Å²) >= 11 is 3.30. The van der Waals surface area contributed by atoms with Crippen molar-refractivity contribution >= 4 is 15.9 Å². The van der Waals surface area contributed by atoms with Crippen LogP contribution in [0.4, 0.5) is 0 Å². The Morgan fingerprint density at radius 2 is 2.36 bits per heavy atom. The summed E-state index contributed by atoms with van der Waals surface area (Å²) < 4.78 is 0.887. The summed E-state index contributed by atoms with van der Waals surface area (Å²) in [5.74, 6) is 0. The van der Waals surface area contributed by atoms with E-state index in [-0.39, 0.29) is 12.1 Å². The number of H-pyrrole nitrogens is 1. The molecule has 0 spiro atoms. The van der Waals surface area contributed by atoms with E-state index < -0.39 is 0 Å². The van der Waals surface area contributed by atoms with Gasteiger partial charge in [0.1, 0.15) is 0 Å². The van der Waals surface area contributed by atoms with Crippen LogP contribution in [0.2, 0.25) is 0 Å². The first kappa shape index (κ1) is 8.49. The van der Waals surface area contributed by atoms with Crippen LogP contribution in [0.25, 0.3) is 0 Å². The fraction of sp³-hybridized carbons (Fsp3) is 0.286. The minimum absolute atomic E-state index is 0.104. The number of aromatic amines is 1. The lowest BCUT2D eigenvalue weighted by Crippen LogP contribution is -2.16. The van der Waals surface area contributed by atoms with Crippen molar-refractivity contribution in [1.82, 2.24) is 4.98 Å². The predicted molar refractivity (Wildman–Crippen MR) is 47.4 cm³/mol. The van der Waals surface area contributed by atoms with Gasteiger partial charge >= 0.3 is 0 Å². The molecule has 0 aromatic carbocycles. The molecule has 0 saturated carbocycles. The normalized spacial score (nSPS) is 10.1. The van der Waals surface area contributed by atoms with Crippen molar-refractivity contribution in [3.63, 3.8) is 0 Å². The molecule has 0 aliphatic carbocycles. The molecule has 1 aromatic heterocycles. The summed E-state index contributed by atoms with van der Waals surface area (Å²) in [5, 5.41) is 0. The van der Waals surface area contributed by atoms with Crippen molar-refractivity contribution in [2.45, 2.75) is 13.5 Å². The zero-order chi connectivity index (χ0) is 8.43. The third-order valence-electron chi connectivity index (χ3n) is 1.47. The molecule has 0 bridgehead atoms. The van der Waals surface area contributed by atoms with Crippen LogP contribution in [0.1, 0.15) is 11.3 Å². The minimum atomic E-state index is -0.104. The Labute approximate surface area is 72.7 Å². The zero-order valence-electron chi connectivity index (χ0n) is 6.15. The molecular weight excluding hydrogens is 208 g/mol. The van der Waals surface area contributed by atoms with Crippen molar-refractivity contribution in [2.75, 3.05) is 0 Å². The first-order chi connectivity index (χ1) is 5.15. The number of hydrogen-bond donors (Lipinski definition) is 2. The third kappa shape index (κ3) is 1.70. The van der Waals surface area contributed by atoms with Gasteiger partial charge in [-0.25, -0.2) is 0 Å². The first-order valence-electron chi connectivity index (χ1n) is 3.23. The quantitative estimate of drug-likeness (QED) is 0.734. The number of pyridine rings is 1. The Bertz CT molecular complexity index is 319. The van der Waals surface area contributed by atoms with Gasteiger partial charge in [-0.2, -0.15) is 0 Å². The van der Waals surface area contributed by atoms with Crippen molar-refractivity contribution in [1.29, 1.82) is 0 Å². The minimum Gasteiger partial charge on any atom is -0.326 e. The molecule has 1 heterocycles. The van der Waals surface area contributed by atoms with E-state index in [0.29, 0.717) is 5.56 Å². The SMILES string of the molecule is Cc1[nH]c(=O)c(CN)cc1Br. The van der Waals surface area contributed by atoms with Gasteiger partial charge in [0.25, 0.3) is 5.56 Å². The van der Waals surface area contributed by atoms with Crippen molar-refractivity contribution < 1.29 is 0 Å². The Morgan fingerprint density at radius 1 is 1.73 bits per heavy atom. The smallest absolute Gasteiger partial charge is 0.252 e. The molecule has 0 aliphatic rings. The fourth-order valence-electron chi connectivity index (χ4n) is 0.789. The summed E-state index contributed by atoms with van der Waals surface area (Å²) in [5.41, 5.74) is 6.65. The van der Waals surface area contributed by atoms with Crippen LogP contribution in [0.15, 0.2) is 15.3 Å². The summed E-state index contributed by atoms with van der Waals surface area (Å²) in [7, 11) is 0. The predicted octanol–water partition coefficient (Wildman–Crippen LogP) is 0.905. The van der Waals surface area contributed by atoms with E-state index in [1.807, 2.05) is 6.92 Å². The molecule has 0 unspecified atom stereocenters. The van der Waals surface area contributed by atoms with E-state index in [2.05, 4.69) is 20.9 Å². The summed E-state index contributed by atoms with van der Waals surface area (Å²) in [4.78, 5) is 13.7. The molecule has 0 aliphatic heterocycles. The highest BCUT2D eigenvalue weighted by atomic mass is 79.9. The van der Waals surface area contributed by atoms with Crippen LogP contribution in [0.5, 0.6) is 0 Å². The first-order valence-corrected chi connectivity index (χ1v) is 4.03. The zero-order valence-corrected chi connectivity index (χ0v) is 7.73. The molecule has 1 aromatic rings. The molecule has 0 amide bonds. The van der Waals surface area contributed by atoms with E-state index in [0.717, 1.165) is 10.2 Å². The molecule has 4 heteroatoms. The third-order valence-corrected chi connectivity index (χ3v) is 2.30. The Morgan fingerprint density at radius 3 is 2.91 bits per heavy atom. The van der Waals surface area contributed by atoms with Gasteiger partial charge in [-0.05, 0) is 28.9 Å². The number of aromatic nitrogens is 1. The number of rotatable bonds is 1. The van der Waals surface area contributed by atoms with Crippen LogP contribution in [-0.2, 0) is 6.54 Å². The molecule has 3 N–H and O–H groups in total. The molecule has 0 radical (unpaired) electrons. The highest BCUT2D eigenvalue weighted by Crippen LogP contribution is 2.11. The highest BCUT2D eigenvalue weighted by Gasteiger charge is 2.00. The van der Waals surface area contributed by atoms with Crippen LogP contribution in [0.3, 0.4) is 0 Å². The molecular formula is C7H9BrN2O. The number of nitrogens with two attached hydrogens (primary N) is 1. The van der Waals surface area contributed by atoms with Gasteiger partial charge in [-0.1, -0.05) is 0 Å². The topological polar surface area (TPSA) is 58.9 Å². The summed E-state index contributed by atoms with van der Waals surface area (Å²) in [6.45, 7) is 2.10. The molecule has 0 atom stereocenters. The lowest BCUT2D eigenvalue weighted by molar-refractivity contribution is 0.990. The van der Waals surface area contributed by atoms with E-state index in [1.165, 1.54) is 0 Å². The maximum absolute atomic E-state index is 11.1. The van der Waals surface area contributed by atoms with Crippen molar-refractivity contribution in [3.8, 4) is 0 Å². The Hall–Kier alpha value is -0.610. The van der Waals surface area contributed by atoms with Gasteiger partial charge < -0.3 is 10.7 Å². The molecule has 0 saturated heterocycles. The largest absolute Gasteiger partial charge is 0.326 e. The van der Waals surface area contributed by atoms with Crippen molar-refractivity contribution in [2.24, 2.45) is 5.73 Å². The molecule has 60 valence electrons. The second-order valence-electron chi connectivity index (χ2n) is 2.30. The Kier molecular flexibility index (Phi) is 2.46. The van der Waals surface area contributed by atoms with E-state index in [1.54, 1.807) is 6.07 Å². The van der Waals surface area contributed by atoms with Crippen LogP contribution < -0.4 is 11.3 Å². The maximum atomic E-state index is 11.1.